The molecule has 3 heterocycles. The number of para-hydroxylation sites is 2. The highest BCUT2D eigenvalue weighted by atomic mass is 32.1. The Balaban J connectivity index is 1.53. The molecule has 2 aromatic carbocycles. The maximum atomic E-state index is 4.75. The maximum absolute atomic E-state index is 4.75. The Morgan fingerprint density at radius 3 is 2.23 bits per heavy atom. The number of benzene rings is 2. The number of nitrogens with zero attached hydrogens (tertiary/aromatic N) is 5. The van der Waals surface area contributed by atoms with Gasteiger partial charge in [0.1, 0.15) is 5.01 Å². The fraction of sp³-hybridized carbons (Fsp3) is 0.250. The van der Waals surface area contributed by atoms with Crippen LogP contribution < -0.4 is 0 Å². The second-order valence-corrected chi connectivity index (χ2v) is 7.88. The van der Waals surface area contributed by atoms with Gasteiger partial charge in [-0.1, -0.05) is 61.6 Å². The van der Waals surface area contributed by atoms with Crippen molar-refractivity contribution in [2.45, 2.75) is 32.7 Å². The van der Waals surface area contributed by atoms with Crippen LogP contribution in [0.4, 0.5) is 0 Å². The summed E-state index contributed by atoms with van der Waals surface area (Å²) in [5.74, 6) is 1.25. The monoisotopic (exact) mass is 361 g/mol. The molecule has 0 aliphatic carbocycles. The lowest BCUT2D eigenvalue weighted by atomic mass is 10.2. The van der Waals surface area contributed by atoms with Crippen LogP contribution in [-0.4, -0.2) is 24.4 Å². The van der Waals surface area contributed by atoms with Gasteiger partial charge in [0.15, 0.2) is 5.82 Å². The van der Waals surface area contributed by atoms with Gasteiger partial charge in [0.05, 0.1) is 0 Å². The fourth-order valence-electron chi connectivity index (χ4n) is 3.58. The minimum atomic E-state index is 0.317. The van der Waals surface area contributed by atoms with Crippen LogP contribution in [0.5, 0.6) is 0 Å². The van der Waals surface area contributed by atoms with Gasteiger partial charge in [0.2, 0.25) is 4.96 Å². The summed E-state index contributed by atoms with van der Waals surface area (Å²) in [7, 11) is 0. The Morgan fingerprint density at radius 2 is 1.58 bits per heavy atom. The summed E-state index contributed by atoms with van der Waals surface area (Å²) in [5.41, 5.74) is 2.55. The molecule has 0 saturated heterocycles. The van der Waals surface area contributed by atoms with Gasteiger partial charge in [-0.3, -0.25) is 0 Å². The number of aryl methyl sites for hydroxylation is 2. The molecule has 26 heavy (non-hydrogen) atoms. The lowest BCUT2D eigenvalue weighted by Gasteiger charge is -2.05. The highest BCUT2D eigenvalue weighted by molar-refractivity contribution is 7.16. The molecule has 0 amide bonds. The Bertz CT molecular complexity index is 1170. The van der Waals surface area contributed by atoms with Crippen LogP contribution in [0.3, 0.4) is 0 Å². The molecule has 5 rings (SSSR count). The first kappa shape index (κ1) is 15.5. The van der Waals surface area contributed by atoms with E-state index in [0.717, 1.165) is 28.8 Å². The van der Waals surface area contributed by atoms with E-state index in [9.17, 15) is 0 Å². The Labute approximate surface area is 154 Å². The number of aromatic nitrogens is 5. The predicted octanol–water partition coefficient (Wildman–Crippen LogP) is 4.66. The normalized spacial score (nSPS) is 12.1. The fourth-order valence-corrected chi connectivity index (χ4v) is 4.41. The number of hydrogen-bond acceptors (Lipinski definition) is 4. The van der Waals surface area contributed by atoms with E-state index in [1.165, 1.54) is 21.8 Å². The second kappa shape index (κ2) is 5.92. The van der Waals surface area contributed by atoms with Crippen molar-refractivity contribution in [2.24, 2.45) is 0 Å². The van der Waals surface area contributed by atoms with E-state index in [0.29, 0.717) is 5.92 Å². The summed E-state index contributed by atoms with van der Waals surface area (Å²) >= 11 is 1.63. The molecule has 5 aromatic rings. The van der Waals surface area contributed by atoms with E-state index in [1.807, 2.05) is 4.52 Å². The third kappa shape index (κ3) is 2.33. The summed E-state index contributed by atoms with van der Waals surface area (Å²) in [6, 6.07) is 17.2. The standard InChI is InChI=1S/C20H19N5S/c1-13(2)19-21-22-20-25(19)23-18(26-20)11-12-24-16-9-5-3-7-14(16)15-8-4-6-10-17(15)24/h3-10,13H,11-12H2,1-2H3. The first-order chi connectivity index (χ1) is 12.7. The van der Waals surface area contributed by atoms with E-state index in [-0.39, 0.29) is 0 Å². The zero-order chi connectivity index (χ0) is 17.7. The van der Waals surface area contributed by atoms with Crippen molar-refractivity contribution in [3.05, 3.63) is 59.4 Å². The number of rotatable bonds is 4. The third-order valence-corrected chi connectivity index (χ3v) is 5.76. The predicted molar refractivity (Wildman–Crippen MR) is 106 cm³/mol. The van der Waals surface area contributed by atoms with E-state index < -0.39 is 0 Å². The molecule has 0 atom stereocenters. The molecule has 0 fully saturated rings. The third-order valence-electron chi connectivity index (χ3n) is 4.80. The van der Waals surface area contributed by atoms with Gasteiger partial charge in [-0.05, 0) is 12.1 Å². The van der Waals surface area contributed by atoms with Crippen LogP contribution in [0.15, 0.2) is 48.5 Å². The first-order valence-corrected chi connectivity index (χ1v) is 9.71. The van der Waals surface area contributed by atoms with Crippen molar-refractivity contribution >= 4 is 38.1 Å². The van der Waals surface area contributed by atoms with Crippen molar-refractivity contribution < 1.29 is 0 Å². The van der Waals surface area contributed by atoms with Crippen LogP contribution in [0, 0.1) is 0 Å². The molecule has 0 unspecified atom stereocenters. The summed E-state index contributed by atoms with van der Waals surface area (Å²) in [4.78, 5) is 0.880. The minimum absolute atomic E-state index is 0.317. The highest BCUT2D eigenvalue weighted by Gasteiger charge is 2.15. The lowest BCUT2D eigenvalue weighted by Crippen LogP contribution is -2.03. The van der Waals surface area contributed by atoms with Crippen LogP contribution >= 0.6 is 11.3 Å². The van der Waals surface area contributed by atoms with E-state index in [1.54, 1.807) is 11.3 Å². The van der Waals surface area contributed by atoms with E-state index in [2.05, 4.69) is 77.1 Å². The molecule has 130 valence electrons. The average Bonchev–Trinajstić information content (AvgIpc) is 3.30. The minimum Gasteiger partial charge on any atom is -0.340 e. The van der Waals surface area contributed by atoms with E-state index in [4.69, 9.17) is 5.10 Å². The largest absolute Gasteiger partial charge is 0.340 e. The molecule has 0 aliphatic rings. The average molecular weight is 361 g/mol. The molecular formula is C20H19N5S. The molecule has 6 heteroatoms. The molecule has 0 saturated carbocycles. The summed E-state index contributed by atoms with van der Waals surface area (Å²) in [6.45, 7) is 5.14. The Hall–Kier alpha value is -2.73. The topological polar surface area (TPSA) is 48.0 Å². The molecule has 0 spiro atoms. The molecule has 0 aliphatic heterocycles. The van der Waals surface area contributed by atoms with Crippen molar-refractivity contribution in [2.75, 3.05) is 0 Å². The molecule has 0 bridgehead atoms. The van der Waals surface area contributed by atoms with Gasteiger partial charge in [0, 0.05) is 40.7 Å². The van der Waals surface area contributed by atoms with Gasteiger partial charge in [-0.25, -0.2) is 0 Å². The Kier molecular flexibility index (Phi) is 3.53. The van der Waals surface area contributed by atoms with Crippen LogP contribution in [0.25, 0.3) is 26.8 Å². The summed E-state index contributed by atoms with van der Waals surface area (Å²) < 4.78 is 4.30. The highest BCUT2D eigenvalue weighted by Crippen LogP contribution is 2.29. The molecule has 3 aromatic heterocycles. The zero-order valence-electron chi connectivity index (χ0n) is 14.8. The van der Waals surface area contributed by atoms with Gasteiger partial charge in [0.25, 0.3) is 0 Å². The van der Waals surface area contributed by atoms with Gasteiger partial charge < -0.3 is 4.57 Å². The zero-order valence-corrected chi connectivity index (χ0v) is 15.6. The first-order valence-electron chi connectivity index (χ1n) is 8.89. The number of fused-ring (bicyclic) bond motifs is 4. The maximum Gasteiger partial charge on any atom is 0.234 e. The molecular weight excluding hydrogens is 342 g/mol. The quantitative estimate of drug-likeness (QED) is 0.468. The SMILES string of the molecule is CC(C)c1nnc2sc(CCn3c4ccccc4c4ccccc43)nn12. The van der Waals surface area contributed by atoms with Gasteiger partial charge in [-0.15, -0.1) is 10.2 Å². The van der Waals surface area contributed by atoms with Crippen LogP contribution in [0.2, 0.25) is 0 Å². The van der Waals surface area contributed by atoms with Crippen LogP contribution in [0.1, 0.15) is 30.6 Å². The van der Waals surface area contributed by atoms with Gasteiger partial charge >= 0.3 is 0 Å². The molecule has 5 nitrogen and oxygen atoms in total. The van der Waals surface area contributed by atoms with Crippen LogP contribution in [-0.2, 0) is 13.0 Å². The van der Waals surface area contributed by atoms with Crippen molar-refractivity contribution in [3.8, 4) is 0 Å². The van der Waals surface area contributed by atoms with E-state index >= 15 is 0 Å². The lowest BCUT2D eigenvalue weighted by molar-refractivity contribution is 0.695. The molecule has 0 radical (unpaired) electrons. The van der Waals surface area contributed by atoms with Gasteiger partial charge in [-0.2, -0.15) is 9.61 Å². The van der Waals surface area contributed by atoms with Crippen molar-refractivity contribution in [1.82, 2.24) is 24.4 Å². The summed E-state index contributed by atoms with van der Waals surface area (Å²) in [5, 5.41) is 17.0. The van der Waals surface area contributed by atoms with Crippen molar-refractivity contribution in [3.63, 3.8) is 0 Å². The van der Waals surface area contributed by atoms with Crippen molar-refractivity contribution in [1.29, 1.82) is 0 Å². The summed E-state index contributed by atoms with van der Waals surface area (Å²) in [6.07, 6.45) is 0.883. The Morgan fingerprint density at radius 1 is 0.923 bits per heavy atom. The second-order valence-electron chi connectivity index (χ2n) is 6.84. The molecule has 0 N–H and O–H groups in total. The smallest absolute Gasteiger partial charge is 0.234 e. The number of hydrogen-bond donors (Lipinski definition) is 0.